The molecule has 0 saturated heterocycles. The van der Waals surface area contributed by atoms with E-state index in [-0.39, 0.29) is 17.3 Å². The molecule has 3 aromatic rings. The summed E-state index contributed by atoms with van der Waals surface area (Å²) in [6, 6.07) is 9.83. The highest BCUT2D eigenvalue weighted by Crippen LogP contribution is 2.16. The molecule has 0 aliphatic rings. The number of hydrogen-bond acceptors (Lipinski definition) is 8. The largest absolute Gasteiger partial charge is 0.492 e. The summed E-state index contributed by atoms with van der Waals surface area (Å²) in [5, 5.41) is 3.55. The van der Waals surface area contributed by atoms with E-state index in [1.54, 1.807) is 24.3 Å². The first-order valence-electron chi connectivity index (χ1n) is 8.55. The van der Waals surface area contributed by atoms with Gasteiger partial charge in [-0.25, -0.2) is 9.78 Å². The van der Waals surface area contributed by atoms with Crippen LogP contribution >= 0.6 is 0 Å². The Morgan fingerprint density at radius 2 is 1.82 bits per heavy atom. The van der Waals surface area contributed by atoms with Crippen LogP contribution in [-0.2, 0) is 14.3 Å². The van der Waals surface area contributed by atoms with Crippen molar-refractivity contribution in [2.24, 2.45) is 0 Å². The van der Waals surface area contributed by atoms with Crippen molar-refractivity contribution in [3.05, 3.63) is 58.7 Å². The summed E-state index contributed by atoms with van der Waals surface area (Å²) in [6.07, 6.45) is 2.64. The Balaban J connectivity index is 1.39. The molecule has 10 heteroatoms. The fourth-order valence-electron chi connectivity index (χ4n) is 2.28. The monoisotopic (exact) mass is 405 g/mol. The predicted molar refractivity (Wildman–Crippen MR) is 99.4 cm³/mol. The number of aromatic nitrogens is 3. The Bertz CT molecular complexity index is 1060. The first kappa shape index (κ1) is 19.8. The fourth-order valence-corrected chi connectivity index (χ4v) is 3.22. The average Bonchev–Trinajstić information content (AvgIpc) is 3.12. The number of aromatic amines is 1. The minimum atomic E-state index is -3.74. The third-order valence-corrected chi connectivity index (χ3v) is 5.10. The molecule has 1 aromatic carbocycles. The predicted octanol–water partition coefficient (Wildman–Crippen LogP) is 2.30. The zero-order valence-corrected chi connectivity index (χ0v) is 15.9. The third-order valence-electron chi connectivity index (χ3n) is 3.77. The molecule has 0 saturated carbocycles. The van der Waals surface area contributed by atoms with E-state index in [4.69, 9.17) is 8.92 Å². The number of unbranched alkanes of at least 4 members (excludes halogenated alkanes) is 1. The third kappa shape index (κ3) is 5.27. The topological polar surface area (TPSA) is 124 Å². The Morgan fingerprint density at radius 1 is 1.07 bits per heavy atom. The van der Waals surface area contributed by atoms with Gasteiger partial charge in [-0.05, 0) is 44.0 Å². The second kappa shape index (κ2) is 8.81. The van der Waals surface area contributed by atoms with Crippen molar-refractivity contribution in [1.29, 1.82) is 0 Å². The summed E-state index contributed by atoms with van der Waals surface area (Å²) >= 11 is 0. The number of ether oxygens (including phenoxy) is 1. The molecule has 2 aromatic heterocycles. The van der Waals surface area contributed by atoms with Crippen molar-refractivity contribution in [3.63, 3.8) is 0 Å². The summed E-state index contributed by atoms with van der Waals surface area (Å²) in [4.78, 5) is 17.6. The van der Waals surface area contributed by atoms with Gasteiger partial charge in [0, 0.05) is 0 Å². The van der Waals surface area contributed by atoms with Crippen molar-refractivity contribution in [2.75, 3.05) is 13.2 Å². The molecular weight excluding hydrogens is 386 g/mol. The molecule has 3 rings (SSSR count). The highest BCUT2D eigenvalue weighted by atomic mass is 32.2. The maximum absolute atomic E-state index is 12.1. The number of nitrogens with one attached hydrogen (secondary N) is 1. The second-order valence-electron chi connectivity index (χ2n) is 5.97. The molecular formula is C18H19N3O6S. The van der Waals surface area contributed by atoms with Crippen LogP contribution in [0.5, 0.6) is 5.75 Å². The fraction of sp³-hybridized carbons (Fsp3) is 0.278. The molecule has 0 amide bonds. The molecule has 28 heavy (non-hydrogen) atoms. The van der Waals surface area contributed by atoms with E-state index in [2.05, 4.69) is 19.6 Å². The molecule has 0 aliphatic carbocycles. The summed E-state index contributed by atoms with van der Waals surface area (Å²) in [5.74, 6) is 0.134. The number of pyridine rings is 1. The van der Waals surface area contributed by atoms with Gasteiger partial charge >= 0.3 is 5.76 Å². The molecule has 0 spiro atoms. The lowest BCUT2D eigenvalue weighted by Gasteiger charge is -2.07. The highest BCUT2D eigenvalue weighted by molar-refractivity contribution is 7.86. The van der Waals surface area contributed by atoms with Crippen molar-refractivity contribution in [2.45, 2.75) is 24.7 Å². The minimum Gasteiger partial charge on any atom is -0.492 e. The number of rotatable bonds is 9. The number of hydrogen-bond donors (Lipinski definition) is 1. The molecule has 0 aliphatic heterocycles. The van der Waals surface area contributed by atoms with Gasteiger partial charge in [-0.2, -0.15) is 8.42 Å². The zero-order chi connectivity index (χ0) is 20.0. The van der Waals surface area contributed by atoms with Crippen LogP contribution in [0.4, 0.5) is 0 Å². The van der Waals surface area contributed by atoms with E-state index >= 15 is 0 Å². The van der Waals surface area contributed by atoms with Gasteiger partial charge in [-0.15, -0.1) is 0 Å². The highest BCUT2D eigenvalue weighted by Gasteiger charge is 2.14. The quantitative estimate of drug-likeness (QED) is 0.425. The second-order valence-corrected chi connectivity index (χ2v) is 7.58. The van der Waals surface area contributed by atoms with Crippen LogP contribution in [0.1, 0.15) is 18.4 Å². The van der Waals surface area contributed by atoms with Crippen molar-refractivity contribution < 1.29 is 21.9 Å². The van der Waals surface area contributed by atoms with Gasteiger partial charge in [0.2, 0.25) is 5.82 Å². The molecule has 0 fully saturated rings. The molecule has 148 valence electrons. The maximum Gasteiger partial charge on any atom is 0.439 e. The molecule has 1 N–H and O–H groups in total. The van der Waals surface area contributed by atoms with Crippen molar-refractivity contribution in [3.8, 4) is 17.3 Å². The van der Waals surface area contributed by atoms with E-state index in [0.29, 0.717) is 30.9 Å². The van der Waals surface area contributed by atoms with Gasteiger partial charge < -0.3 is 4.74 Å². The smallest absolute Gasteiger partial charge is 0.439 e. The first-order valence-corrected chi connectivity index (χ1v) is 9.96. The summed E-state index contributed by atoms with van der Waals surface area (Å²) in [5.41, 5.74) is 1.43. The Kier molecular flexibility index (Phi) is 6.22. The summed E-state index contributed by atoms with van der Waals surface area (Å²) in [7, 11) is -3.74. The van der Waals surface area contributed by atoms with Crippen LogP contribution in [-0.4, -0.2) is 36.8 Å². The first-order chi connectivity index (χ1) is 13.4. The summed E-state index contributed by atoms with van der Waals surface area (Å²) in [6.45, 7) is 2.35. The Morgan fingerprint density at radius 3 is 2.46 bits per heavy atom. The van der Waals surface area contributed by atoms with Crippen LogP contribution in [0.25, 0.3) is 11.5 Å². The zero-order valence-electron chi connectivity index (χ0n) is 15.1. The number of H-pyrrole nitrogens is 1. The van der Waals surface area contributed by atoms with Gasteiger partial charge in [0.05, 0.1) is 24.3 Å². The van der Waals surface area contributed by atoms with Crippen LogP contribution in [0, 0.1) is 6.92 Å². The summed E-state index contributed by atoms with van der Waals surface area (Å²) < 4.78 is 39.1. The molecule has 0 bridgehead atoms. The Labute approximate surface area is 161 Å². The van der Waals surface area contributed by atoms with E-state index in [1.807, 2.05) is 6.92 Å². The van der Waals surface area contributed by atoms with Gasteiger partial charge in [-0.3, -0.25) is 13.7 Å². The SMILES string of the molecule is Cc1ccc(S(=O)(=O)OCCCCOc2ccc(-c3noc(=O)[nH]3)nc2)cc1. The van der Waals surface area contributed by atoms with E-state index in [9.17, 15) is 13.2 Å². The lowest BCUT2D eigenvalue weighted by atomic mass is 10.2. The Hall–Kier alpha value is -2.98. The van der Waals surface area contributed by atoms with E-state index in [1.165, 1.54) is 18.3 Å². The number of nitrogens with zero attached hydrogens (tertiary/aromatic N) is 2. The van der Waals surface area contributed by atoms with Crippen molar-refractivity contribution >= 4 is 10.1 Å². The normalized spacial score (nSPS) is 11.5. The lowest BCUT2D eigenvalue weighted by Crippen LogP contribution is -2.08. The molecule has 0 atom stereocenters. The standard InChI is InChI=1S/C18H19N3O6S/c1-13-4-7-15(8-5-13)28(23,24)26-11-3-2-10-25-14-6-9-16(19-12-14)17-20-18(22)27-21-17/h4-9,12H,2-3,10-11H2,1H3,(H,20,21,22). The maximum atomic E-state index is 12.1. The number of aryl methyl sites for hydroxylation is 1. The van der Waals surface area contributed by atoms with Crippen LogP contribution in [0.3, 0.4) is 0 Å². The van der Waals surface area contributed by atoms with Crippen LogP contribution in [0.2, 0.25) is 0 Å². The van der Waals surface area contributed by atoms with Crippen molar-refractivity contribution in [1.82, 2.24) is 15.1 Å². The average molecular weight is 405 g/mol. The molecule has 2 heterocycles. The minimum absolute atomic E-state index is 0.0796. The molecule has 0 radical (unpaired) electrons. The van der Waals surface area contributed by atoms with E-state index < -0.39 is 15.9 Å². The van der Waals surface area contributed by atoms with Gasteiger partial charge in [0.15, 0.2) is 0 Å². The van der Waals surface area contributed by atoms with Gasteiger partial charge in [0.1, 0.15) is 11.4 Å². The number of benzene rings is 1. The molecule has 9 nitrogen and oxygen atoms in total. The van der Waals surface area contributed by atoms with Crippen LogP contribution < -0.4 is 10.5 Å². The lowest BCUT2D eigenvalue weighted by molar-refractivity contribution is 0.268. The van der Waals surface area contributed by atoms with Gasteiger partial charge in [-0.1, -0.05) is 22.9 Å². The van der Waals surface area contributed by atoms with E-state index in [0.717, 1.165) is 5.56 Å². The molecule has 0 unspecified atom stereocenters. The van der Waals surface area contributed by atoms with Gasteiger partial charge in [0.25, 0.3) is 10.1 Å². The van der Waals surface area contributed by atoms with Crippen LogP contribution in [0.15, 0.2) is 56.8 Å².